The molecule has 1 atom stereocenters. The number of hydrogen-bond acceptors (Lipinski definition) is 7. The number of nitrogens with one attached hydrogen (secondary N) is 1. The number of ether oxygens (including phenoxy) is 2. The zero-order chi connectivity index (χ0) is 20.4. The van der Waals surface area contributed by atoms with Crippen molar-refractivity contribution in [2.45, 2.75) is 19.4 Å². The van der Waals surface area contributed by atoms with Gasteiger partial charge in [-0.1, -0.05) is 0 Å². The minimum absolute atomic E-state index is 0.0458. The summed E-state index contributed by atoms with van der Waals surface area (Å²) in [4.78, 5) is 4.53. The summed E-state index contributed by atoms with van der Waals surface area (Å²) >= 11 is 0. The molecule has 5 heterocycles. The fraction of sp³-hybridized carbons (Fsp3) is 0.300. The molecule has 0 fully saturated rings. The van der Waals surface area contributed by atoms with Gasteiger partial charge in [-0.25, -0.2) is 14.1 Å². The maximum absolute atomic E-state index is 14.7. The summed E-state index contributed by atoms with van der Waals surface area (Å²) in [5.41, 5.74) is 2.84. The molecule has 0 spiro atoms. The lowest BCUT2D eigenvalue weighted by molar-refractivity contribution is 0.249. The lowest BCUT2D eigenvalue weighted by Gasteiger charge is -2.16. The summed E-state index contributed by atoms with van der Waals surface area (Å²) in [6.07, 6.45) is 1.61. The Balaban J connectivity index is 1.53. The first-order chi connectivity index (χ1) is 14.6. The molecule has 0 unspecified atom stereocenters. The molecule has 10 heteroatoms. The Bertz CT molecular complexity index is 1310. The Hall–Kier alpha value is -3.69. The molecule has 4 aromatic rings. The molecule has 0 saturated heterocycles. The van der Waals surface area contributed by atoms with E-state index in [0.29, 0.717) is 54.2 Å². The molecule has 152 valence electrons. The van der Waals surface area contributed by atoms with E-state index in [0.717, 1.165) is 16.9 Å². The Kier molecular flexibility index (Phi) is 3.53. The van der Waals surface area contributed by atoms with Crippen LogP contribution in [0.3, 0.4) is 0 Å². The van der Waals surface area contributed by atoms with Gasteiger partial charge in [-0.3, -0.25) is 4.40 Å². The Labute approximate surface area is 170 Å². The average molecular weight is 407 g/mol. The predicted molar refractivity (Wildman–Crippen MR) is 105 cm³/mol. The van der Waals surface area contributed by atoms with Crippen molar-refractivity contribution in [1.29, 1.82) is 0 Å². The average Bonchev–Trinajstić information content (AvgIpc) is 3.44. The lowest BCUT2D eigenvalue weighted by Crippen LogP contribution is -2.13. The molecule has 2 aliphatic heterocycles. The number of anilines is 1. The van der Waals surface area contributed by atoms with Crippen LogP contribution in [0.15, 0.2) is 24.5 Å². The van der Waals surface area contributed by atoms with Gasteiger partial charge in [0.05, 0.1) is 24.7 Å². The van der Waals surface area contributed by atoms with Crippen molar-refractivity contribution in [2.75, 3.05) is 18.5 Å². The number of aromatic nitrogens is 6. The van der Waals surface area contributed by atoms with Gasteiger partial charge >= 0.3 is 0 Å². The molecule has 3 aromatic heterocycles. The van der Waals surface area contributed by atoms with Crippen LogP contribution >= 0.6 is 0 Å². The van der Waals surface area contributed by atoms with Gasteiger partial charge in [0.1, 0.15) is 23.7 Å². The molecule has 0 radical (unpaired) electrons. The number of nitrogens with zero attached hydrogens (tertiary/aromatic N) is 6. The molecule has 0 aliphatic carbocycles. The van der Waals surface area contributed by atoms with Crippen molar-refractivity contribution in [3.05, 3.63) is 47.3 Å². The van der Waals surface area contributed by atoms with E-state index in [9.17, 15) is 4.39 Å². The first-order valence-corrected chi connectivity index (χ1v) is 9.65. The molecular weight excluding hydrogens is 389 g/mol. The number of aryl methyl sites for hydroxylation is 2. The smallest absolute Gasteiger partial charge is 0.173 e. The highest BCUT2D eigenvalue weighted by Gasteiger charge is 2.32. The van der Waals surface area contributed by atoms with E-state index in [1.54, 1.807) is 21.5 Å². The topological polar surface area (TPSA) is 91.4 Å². The number of benzene rings is 1. The molecule has 0 saturated carbocycles. The van der Waals surface area contributed by atoms with Gasteiger partial charge in [0, 0.05) is 24.7 Å². The quantitative estimate of drug-likeness (QED) is 0.518. The second kappa shape index (κ2) is 6.15. The second-order valence-corrected chi connectivity index (χ2v) is 7.51. The lowest BCUT2D eigenvalue weighted by atomic mass is 9.96. The van der Waals surface area contributed by atoms with Gasteiger partial charge in [-0.05, 0) is 25.1 Å². The third-order valence-electron chi connectivity index (χ3n) is 5.63. The number of fused-ring (bicyclic) bond motifs is 3. The summed E-state index contributed by atoms with van der Waals surface area (Å²) in [7, 11) is 1.83. The zero-order valence-corrected chi connectivity index (χ0v) is 16.4. The maximum Gasteiger partial charge on any atom is 0.173 e. The van der Waals surface area contributed by atoms with E-state index in [1.165, 1.54) is 6.07 Å². The number of halogens is 1. The number of hydrogen-bond donors (Lipinski definition) is 1. The normalized spacial score (nSPS) is 17.2. The van der Waals surface area contributed by atoms with Crippen LogP contribution in [-0.4, -0.2) is 42.6 Å². The molecular formula is C20H18FN7O2. The molecule has 30 heavy (non-hydrogen) atoms. The van der Waals surface area contributed by atoms with Crippen molar-refractivity contribution >= 4 is 11.5 Å². The largest absolute Gasteiger partial charge is 0.493 e. The predicted octanol–water partition coefficient (Wildman–Crippen LogP) is 2.45. The first-order valence-electron chi connectivity index (χ1n) is 9.65. The number of rotatable bonds is 1. The maximum atomic E-state index is 14.7. The van der Waals surface area contributed by atoms with E-state index in [-0.39, 0.29) is 11.7 Å². The fourth-order valence-corrected chi connectivity index (χ4v) is 4.30. The highest BCUT2D eigenvalue weighted by atomic mass is 19.1. The molecule has 0 amide bonds. The summed E-state index contributed by atoms with van der Waals surface area (Å²) < 4.78 is 30.2. The fourth-order valence-electron chi connectivity index (χ4n) is 4.30. The van der Waals surface area contributed by atoms with Crippen LogP contribution in [-0.2, 0) is 13.6 Å². The van der Waals surface area contributed by atoms with Gasteiger partial charge in [-0.2, -0.15) is 5.10 Å². The molecule has 1 N–H and O–H groups in total. The van der Waals surface area contributed by atoms with Crippen LogP contribution in [0.25, 0.3) is 17.0 Å². The van der Waals surface area contributed by atoms with Gasteiger partial charge in [-0.15, -0.1) is 10.2 Å². The summed E-state index contributed by atoms with van der Waals surface area (Å²) in [5.74, 6) is 3.02. The van der Waals surface area contributed by atoms with Crippen LogP contribution in [0.5, 0.6) is 11.5 Å². The number of pyridine rings is 1. The van der Waals surface area contributed by atoms with Crippen molar-refractivity contribution in [2.24, 2.45) is 7.05 Å². The Morgan fingerprint density at radius 1 is 1.20 bits per heavy atom. The van der Waals surface area contributed by atoms with Gasteiger partial charge in [0.25, 0.3) is 0 Å². The van der Waals surface area contributed by atoms with Crippen LogP contribution in [0.2, 0.25) is 0 Å². The van der Waals surface area contributed by atoms with Crippen LogP contribution < -0.4 is 14.8 Å². The Morgan fingerprint density at radius 3 is 2.83 bits per heavy atom. The van der Waals surface area contributed by atoms with Crippen LogP contribution in [0.4, 0.5) is 10.2 Å². The first kappa shape index (κ1) is 17.2. The molecule has 2 aliphatic rings. The van der Waals surface area contributed by atoms with Crippen molar-refractivity contribution < 1.29 is 13.9 Å². The van der Waals surface area contributed by atoms with Crippen LogP contribution in [0.1, 0.15) is 22.9 Å². The van der Waals surface area contributed by atoms with E-state index in [1.807, 2.05) is 20.0 Å². The van der Waals surface area contributed by atoms with E-state index in [4.69, 9.17) is 9.47 Å². The molecule has 1 aromatic carbocycles. The van der Waals surface area contributed by atoms with E-state index in [2.05, 4.69) is 25.6 Å². The van der Waals surface area contributed by atoms with Crippen molar-refractivity contribution in [3.8, 4) is 22.9 Å². The summed E-state index contributed by atoms with van der Waals surface area (Å²) in [6.45, 7) is 2.96. The Morgan fingerprint density at radius 2 is 2.03 bits per heavy atom. The minimum Gasteiger partial charge on any atom is -0.493 e. The molecule has 6 rings (SSSR count). The molecule has 0 bridgehead atoms. The second-order valence-electron chi connectivity index (χ2n) is 7.51. The zero-order valence-electron chi connectivity index (χ0n) is 16.4. The SMILES string of the molecule is Cc1nc(-c2cc3c(n4cnnc24)NCc2c(F)ccc4c2[C@@H](CO4)CO3)n(C)n1. The van der Waals surface area contributed by atoms with Gasteiger partial charge in [0.2, 0.25) is 0 Å². The van der Waals surface area contributed by atoms with Gasteiger partial charge in [0.15, 0.2) is 23.0 Å². The standard InChI is InChI=1S/C20H18FN7O2/c1-10-24-18(27(2)26-10)12-5-16-20(28-9-23-25-19(12)28)22-6-13-14(21)3-4-15-17(13)11(7-29-15)8-30-16/h3-5,9,11,22H,6-8H2,1-2H3/t11-/m0/s1. The monoisotopic (exact) mass is 407 g/mol. The third kappa shape index (κ3) is 2.39. The van der Waals surface area contributed by atoms with Gasteiger partial charge < -0.3 is 14.8 Å². The summed E-state index contributed by atoms with van der Waals surface area (Å²) in [5, 5.41) is 16.0. The molecule has 9 nitrogen and oxygen atoms in total. The minimum atomic E-state index is -0.258. The van der Waals surface area contributed by atoms with E-state index < -0.39 is 0 Å². The van der Waals surface area contributed by atoms with Crippen molar-refractivity contribution in [1.82, 2.24) is 29.4 Å². The van der Waals surface area contributed by atoms with Crippen molar-refractivity contribution in [3.63, 3.8) is 0 Å². The van der Waals surface area contributed by atoms with Crippen LogP contribution in [0, 0.1) is 12.7 Å². The third-order valence-corrected chi connectivity index (χ3v) is 5.63. The highest BCUT2D eigenvalue weighted by molar-refractivity contribution is 5.78. The van der Waals surface area contributed by atoms with E-state index >= 15 is 0 Å². The summed E-state index contributed by atoms with van der Waals surface area (Å²) in [6, 6.07) is 5.02. The highest BCUT2D eigenvalue weighted by Crippen LogP contribution is 2.41.